The number of hydrogen-bond acceptors (Lipinski definition) is 5. The van der Waals surface area contributed by atoms with Gasteiger partial charge in [0.25, 0.3) is 0 Å². The molecule has 0 aliphatic carbocycles. The first-order valence-electron chi connectivity index (χ1n) is 8.15. The van der Waals surface area contributed by atoms with Crippen molar-refractivity contribution in [3.8, 4) is 5.75 Å². The van der Waals surface area contributed by atoms with Crippen molar-refractivity contribution in [1.82, 2.24) is 9.88 Å². The van der Waals surface area contributed by atoms with Crippen LogP contribution in [-0.2, 0) is 4.79 Å². The molecule has 0 N–H and O–H groups in total. The number of nitrogens with zero attached hydrogens (tertiary/aromatic N) is 3. The Kier molecular flexibility index (Phi) is 4.71. The van der Waals surface area contributed by atoms with E-state index in [1.165, 1.54) is 0 Å². The fourth-order valence-electron chi connectivity index (χ4n) is 2.77. The Hall–Kier alpha value is -1.82. The number of hydrogen-bond donors (Lipinski definition) is 0. The van der Waals surface area contributed by atoms with Crippen molar-refractivity contribution in [1.29, 1.82) is 0 Å². The van der Waals surface area contributed by atoms with Gasteiger partial charge in [-0.2, -0.15) is 0 Å². The zero-order chi connectivity index (χ0) is 16.4. The topological polar surface area (TPSA) is 45.7 Å². The van der Waals surface area contributed by atoms with E-state index in [1.54, 1.807) is 11.3 Å². The number of ether oxygens (including phenoxy) is 1. The van der Waals surface area contributed by atoms with E-state index >= 15 is 0 Å². The molecule has 5 nitrogen and oxygen atoms in total. The molecule has 3 rings (SSSR count). The Labute approximate surface area is 140 Å². The number of carbonyl (C=O) groups excluding carboxylic acids is 1. The lowest BCUT2D eigenvalue weighted by Gasteiger charge is -2.35. The molecule has 0 unspecified atom stereocenters. The van der Waals surface area contributed by atoms with Crippen LogP contribution in [0.2, 0.25) is 0 Å². The monoisotopic (exact) mass is 333 g/mol. The van der Waals surface area contributed by atoms with Crippen molar-refractivity contribution in [2.24, 2.45) is 5.92 Å². The van der Waals surface area contributed by atoms with Gasteiger partial charge in [0.15, 0.2) is 5.13 Å². The van der Waals surface area contributed by atoms with Gasteiger partial charge in [0.05, 0.1) is 16.8 Å². The first kappa shape index (κ1) is 16.1. The highest BCUT2D eigenvalue weighted by molar-refractivity contribution is 7.22. The van der Waals surface area contributed by atoms with E-state index in [0.717, 1.165) is 47.3 Å². The van der Waals surface area contributed by atoms with Crippen molar-refractivity contribution in [3.63, 3.8) is 0 Å². The molecule has 0 radical (unpaired) electrons. The van der Waals surface area contributed by atoms with Gasteiger partial charge in [-0.1, -0.05) is 25.2 Å². The summed E-state index contributed by atoms with van der Waals surface area (Å²) in [6, 6.07) is 6.03. The summed E-state index contributed by atoms with van der Waals surface area (Å²) in [5.74, 6) is 1.21. The van der Waals surface area contributed by atoms with Gasteiger partial charge in [-0.25, -0.2) is 4.98 Å². The SMILES string of the molecule is CCOc1ccc2nc(N3CCN(C(=O)C(C)C)CC3)sc2c1. The fraction of sp³-hybridized carbons (Fsp3) is 0.529. The first-order valence-corrected chi connectivity index (χ1v) is 8.97. The van der Waals surface area contributed by atoms with Crippen LogP contribution in [-0.4, -0.2) is 48.6 Å². The van der Waals surface area contributed by atoms with Gasteiger partial charge in [-0.05, 0) is 25.1 Å². The first-order chi connectivity index (χ1) is 11.1. The predicted molar refractivity (Wildman–Crippen MR) is 94.4 cm³/mol. The fourth-order valence-corrected chi connectivity index (χ4v) is 3.81. The normalized spacial score (nSPS) is 15.5. The highest BCUT2D eigenvalue weighted by Crippen LogP contribution is 2.32. The van der Waals surface area contributed by atoms with Gasteiger partial charge >= 0.3 is 0 Å². The van der Waals surface area contributed by atoms with Crippen LogP contribution < -0.4 is 9.64 Å². The molecule has 0 atom stereocenters. The third-order valence-electron chi connectivity index (χ3n) is 4.02. The molecule has 1 saturated heterocycles. The molecule has 0 bridgehead atoms. The zero-order valence-corrected chi connectivity index (χ0v) is 14.7. The summed E-state index contributed by atoms with van der Waals surface area (Å²) in [6.07, 6.45) is 0. The van der Waals surface area contributed by atoms with E-state index in [1.807, 2.05) is 37.8 Å². The molecule has 1 fully saturated rings. The summed E-state index contributed by atoms with van der Waals surface area (Å²) in [4.78, 5) is 21.0. The number of benzene rings is 1. The molecular weight excluding hydrogens is 310 g/mol. The molecule has 23 heavy (non-hydrogen) atoms. The van der Waals surface area contributed by atoms with Crippen LogP contribution in [0.25, 0.3) is 10.2 Å². The second kappa shape index (κ2) is 6.74. The number of amides is 1. The van der Waals surface area contributed by atoms with Crippen LogP contribution >= 0.6 is 11.3 Å². The largest absolute Gasteiger partial charge is 0.494 e. The molecule has 0 saturated carbocycles. The van der Waals surface area contributed by atoms with Gasteiger partial charge in [0, 0.05) is 32.1 Å². The van der Waals surface area contributed by atoms with E-state index in [9.17, 15) is 4.79 Å². The van der Waals surface area contributed by atoms with Gasteiger partial charge in [0.1, 0.15) is 5.75 Å². The van der Waals surface area contributed by atoms with E-state index in [0.29, 0.717) is 6.61 Å². The summed E-state index contributed by atoms with van der Waals surface area (Å²) in [5.41, 5.74) is 1.01. The molecular formula is C17H23N3O2S. The van der Waals surface area contributed by atoms with Crippen LogP contribution in [0.4, 0.5) is 5.13 Å². The van der Waals surface area contributed by atoms with Crippen LogP contribution in [0, 0.1) is 5.92 Å². The minimum atomic E-state index is 0.0704. The lowest BCUT2D eigenvalue weighted by atomic mass is 10.2. The van der Waals surface area contributed by atoms with Crippen molar-refractivity contribution in [2.75, 3.05) is 37.7 Å². The number of thiazole rings is 1. The third-order valence-corrected chi connectivity index (χ3v) is 5.09. The minimum Gasteiger partial charge on any atom is -0.494 e. The number of anilines is 1. The summed E-state index contributed by atoms with van der Waals surface area (Å²) >= 11 is 1.69. The average molecular weight is 333 g/mol. The molecule has 1 aliphatic rings. The van der Waals surface area contributed by atoms with Crippen molar-refractivity contribution in [2.45, 2.75) is 20.8 Å². The lowest BCUT2D eigenvalue weighted by Crippen LogP contribution is -2.49. The number of carbonyl (C=O) groups is 1. The maximum absolute atomic E-state index is 12.1. The number of fused-ring (bicyclic) bond motifs is 1. The maximum Gasteiger partial charge on any atom is 0.225 e. The van der Waals surface area contributed by atoms with Gasteiger partial charge in [-0.15, -0.1) is 0 Å². The number of rotatable bonds is 4. The highest BCUT2D eigenvalue weighted by atomic mass is 32.1. The lowest BCUT2D eigenvalue weighted by molar-refractivity contribution is -0.134. The average Bonchev–Trinajstić information content (AvgIpc) is 2.98. The number of piperazine rings is 1. The van der Waals surface area contributed by atoms with E-state index in [2.05, 4.69) is 11.0 Å². The van der Waals surface area contributed by atoms with Gasteiger partial charge in [-0.3, -0.25) is 4.79 Å². The number of aromatic nitrogens is 1. The molecule has 2 aromatic rings. The van der Waals surface area contributed by atoms with E-state index in [4.69, 9.17) is 9.72 Å². The molecule has 1 amide bonds. The van der Waals surface area contributed by atoms with E-state index in [-0.39, 0.29) is 11.8 Å². The second-order valence-corrected chi connectivity index (χ2v) is 7.04. The third kappa shape index (κ3) is 3.42. The smallest absolute Gasteiger partial charge is 0.225 e. The van der Waals surface area contributed by atoms with Crippen LogP contribution in [0.15, 0.2) is 18.2 Å². The highest BCUT2D eigenvalue weighted by Gasteiger charge is 2.24. The summed E-state index contributed by atoms with van der Waals surface area (Å²) < 4.78 is 6.70. The minimum absolute atomic E-state index is 0.0704. The molecule has 1 aromatic heterocycles. The quantitative estimate of drug-likeness (QED) is 0.863. The van der Waals surface area contributed by atoms with Crippen LogP contribution in [0.5, 0.6) is 5.75 Å². The molecule has 1 aliphatic heterocycles. The van der Waals surface area contributed by atoms with Crippen molar-refractivity contribution < 1.29 is 9.53 Å². The van der Waals surface area contributed by atoms with E-state index < -0.39 is 0 Å². The molecule has 2 heterocycles. The molecule has 0 spiro atoms. The molecule has 1 aromatic carbocycles. The van der Waals surface area contributed by atoms with Crippen molar-refractivity contribution >= 4 is 32.6 Å². The summed E-state index contributed by atoms with van der Waals surface area (Å²) in [7, 11) is 0. The zero-order valence-electron chi connectivity index (χ0n) is 13.9. The Morgan fingerprint density at radius 2 is 2.04 bits per heavy atom. The van der Waals surface area contributed by atoms with Gasteiger partial charge in [0.2, 0.25) is 5.91 Å². The summed E-state index contributed by atoms with van der Waals surface area (Å²) in [6.45, 7) is 9.81. The molecule has 6 heteroatoms. The maximum atomic E-state index is 12.1. The Bertz CT molecular complexity index is 690. The van der Waals surface area contributed by atoms with Gasteiger partial charge < -0.3 is 14.5 Å². The second-order valence-electron chi connectivity index (χ2n) is 6.03. The Morgan fingerprint density at radius 3 is 2.70 bits per heavy atom. The van der Waals surface area contributed by atoms with Crippen LogP contribution in [0.3, 0.4) is 0 Å². The van der Waals surface area contributed by atoms with Crippen LogP contribution in [0.1, 0.15) is 20.8 Å². The Balaban J connectivity index is 1.71. The Morgan fingerprint density at radius 1 is 1.30 bits per heavy atom. The standard InChI is InChI=1S/C17H23N3O2S/c1-4-22-13-5-6-14-15(11-13)23-17(18-14)20-9-7-19(8-10-20)16(21)12(2)3/h5-6,11-12H,4,7-10H2,1-3H3. The summed E-state index contributed by atoms with van der Waals surface area (Å²) in [5, 5.41) is 1.03. The molecule has 124 valence electrons. The predicted octanol–water partition coefficient (Wildman–Crippen LogP) is 3.00. The van der Waals surface area contributed by atoms with Crippen molar-refractivity contribution in [3.05, 3.63) is 18.2 Å².